The molecule has 1 heterocycles. The number of carbonyl (C=O) groups is 2. The van der Waals surface area contributed by atoms with Gasteiger partial charge in [-0.25, -0.2) is 5.01 Å². The summed E-state index contributed by atoms with van der Waals surface area (Å²) in [6, 6.07) is 12.4. The highest BCUT2D eigenvalue weighted by Crippen LogP contribution is 2.39. The Hall–Kier alpha value is -3.55. The molecule has 1 atom stereocenters. The average Bonchev–Trinajstić information content (AvgIpc) is 3.22. The average molecular weight is 412 g/mol. The van der Waals surface area contributed by atoms with E-state index < -0.39 is 12.0 Å². The molecule has 0 spiro atoms. The fourth-order valence-electron chi connectivity index (χ4n) is 3.45. The number of rotatable bonds is 8. The minimum absolute atomic E-state index is 0.146. The molecule has 2 aromatic carbocycles. The van der Waals surface area contributed by atoms with E-state index in [1.54, 1.807) is 33.5 Å². The molecule has 0 saturated heterocycles. The molecule has 0 saturated carbocycles. The molecule has 0 bridgehead atoms. The molecule has 1 N–H and O–H groups in total. The van der Waals surface area contributed by atoms with E-state index >= 15 is 0 Å². The fraction of sp³-hybridized carbons (Fsp3) is 0.318. The van der Waals surface area contributed by atoms with Crippen molar-refractivity contribution in [1.29, 1.82) is 0 Å². The number of hydrogen-bond donors (Lipinski definition) is 1. The number of methoxy groups -OCH3 is 3. The van der Waals surface area contributed by atoms with Crippen molar-refractivity contribution in [3.63, 3.8) is 0 Å². The van der Waals surface area contributed by atoms with Gasteiger partial charge in [-0.15, -0.1) is 0 Å². The van der Waals surface area contributed by atoms with Gasteiger partial charge in [0.1, 0.15) is 17.2 Å². The molecule has 8 heteroatoms. The summed E-state index contributed by atoms with van der Waals surface area (Å²) < 4.78 is 16.3. The van der Waals surface area contributed by atoms with Crippen LogP contribution in [0.1, 0.15) is 36.4 Å². The monoisotopic (exact) mass is 412 g/mol. The molecule has 0 aliphatic carbocycles. The van der Waals surface area contributed by atoms with Crippen LogP contribution in [0.3, 0.4) is 0 Å². The van der Waals surface area contributed by atoms with Gasteiger partial charge in [-0.2, -0.15) is 5.10 Å². The third-order valence-electron chi connectivity index (χ3n) is 4.93. The first-order valence-electron chi connectivity index (χ1n) is 9.45. The van der Waals surface area contributed by atoms with Crippen molar-refractivity contribution in [2.75, 3.05) is 21.3 Å². The second-order valence-electron chi connectivity index (χ2n) is 6.71. The van der Waals surface area contributed by atoms with E-state index in [1.807, 2.05) is 30.3 Å². The van der Waals surface area contributed by atoms with Crippen LogP contribution in [-0.4, -0.2) is 49.0 Å². The topological polar surface area (TPSA) is 97.7 Å². The van der Waals surface area contributed by atoms with Crippen LogP contribution in [0, 0.1) is 0 Å². The van der Waals surface area contributed by atoms with Crippen molar-refractivity contribution in [2.24, 2.45) is 5.10 Å². The molecule has 1 unspecified atom stereocenters. The van der Waals surface area contributed by atoms with E-state index in [0.717, 1.165) is 5.56 Å². The number of amides is 1. The molecular weight excluding hydrogens is 388 g/mol. The van der Waals surface area contributed by atoms with Crippen molar-refractivity contribution >= 4 is 17.6 Å². The lowest BCUT2D eigenvalue weighted by molar-refractivity contribution is -0.141. The Labute approximate surface area is 174 Å². The van der Waals surface area contributed by atoms with E-state index in [1.165, 1.54) is 5.01 Å². The van der Waals surface area contributed by atoms with Gasteiger partial charge in [0.2, 0.25) is 5.91 Å². The maximum absolute atomic E-state index is 12.8. The number of carboxylic acid groups (broad SMARTS) is 1. The van der Waals surface area contributed by atoms with Gasteiger partial charge in [-0.3, -0.25) is 9.59 Å². The highest BCUT2D eigenvalue weighted by atomic mass is 16.5. The molecule has 3 rings (SSSR count). The quantitative estimate of drug-likeness (QED) is 0.715. The first-order chi connectivity index (χ1) is 14.5. The summed E-state index contributed by atoms with van der Waals surface area (Å²) in [4.78, 5) is 23.8. The smallest absolute Gasteiger partial charge is 0.303 e. The van der Waals surface area contributed by atoms with Crippen LogP contribution in [0.2, 0.25) is 0 Å². The molecule has 1 aliphatic heterocycles. The van der Waals surface area contributed by atoms with Crippen LogP contribution in [0.25, 0.3) is 0 Å². The number of ether oxygens (including phenoxy) is 3. The molecule has 0 fully saturated rings. The molecular formula is C22H24N2O6. The molecule has 8 nitrogen and oxygen atoms in total. The normalized spacial score (nSPS) is 15.5. The zero-order chi connectivity index (χ0) is 21.7. The van der Waals surface area contributed by atoms with Crippen molar-refractivity contribution < 1.29 is 28.9 Å². The van der Waals surface area contributed by atoms with Gasteiger partial charge < -0.3 is 19.3 Å². The lowest BCUT2D eigenvalue weighted by Crippen LogP contribution is -2.27. The number of para-hydroxylation sites is 1. The number of benzene rings is 2. The molecule has 30 heavy (non-hydrogen) atoms. The maximum Gasteiger partial charge on any atom is 0.303 e. The van der Waals surface area contributed by atoms with Crippen molar-refractivity contribution in [1.82, 2.24) is 5.01 Å². The van der Waals surface area contributed by atoms with Crippen LogP contribution in [0.4, 0.5) is 0 Å². The zero-order valence-electron chi connectivity index (χ0n) is 17.1. The largest absolute Gasteiger partial charge is 0.497 e. The Balaban J connectivity index is 2.03. The third-order valence-corrected chi connectivity index (χ3v) is 4.93. The van der Waals surface area contributed by atoms with Crippen LogP contribution >= 0.6 is 0 Å². The number of nitrogens with zero attached hydrogens (tertiary/aromatic N) is 2. The van der Waals surface area contributed by atoms with Gasteiger partial charge >= 0.3 is 5.97 Å². The second-order valence-corrected chi connectivity index (χ2v) is 6.71. The highest BCUT2D eigenvalue weighted by molar-refractivity contribution is 6.05. The number of aliphatic carboxylic acids is 1. The fourth-order valence-corrected chi connectivity index (χ4v) is 3.45. The Morgan fingerprint density at radius 3 is 2.43 bits per heavy atom. The number of hydrazone groups is 1. The first kappa shape index (κ1) is 21.2. The van der Waals surface area contributed by atoms with Crippen molar-refractivity contribution in [3.8, 4) is 17.2 Å². The lowest BCUT2D eigenvalue weighted by Gasteiger charge is -2.23. The first-order valence-corrected chi connectivity index (χ1v) is 9.45. The SMILES string of the molecule is COc1ccc(OC)c(C2=NN(C(=O)CCC(=O)O)C(c3ccccc3OC)C2)c1. The van der Waals surface area contributed by atoms with Crippen molar-refractivity contribution in [3.05, 3.63) is 53.6 Å². The summed E-state index contributed by atoms with van der Waals surface area (Å²) in [5.74, 6) is 0.471. The Morgan fingerprint density at radius 1 is 1.03 bits per heavy atom. The van der Waals surface area contributed by atoms with E-state index in [9.17, 15) is 9.59 Å². The number of carboxylic acids is 1. The standard InChI is InChI=1S/C22H24N2O6/c1-28-14-8-9-20(30-3)16(12-14)17-13-18(15-6-4-5-7-19(15)29-2)24(23-17)21(25)10-11-22(26)27/h4-9,12,18H,10-11,13H2,1-3H3,(H,26,27). The molecule has 0 radical (unpaired) electrons. The summed E-state index contributed by atoms with van der Waals surface area (Å²) in [5, 5.41) is 14.9. The minimum Gasteiger partial charge on any atom is -0.497 e. The predicted octanol–water partition coefficient (Wildman–Crippen LogP) is 3.25. The summed E-state index contributed by atoms with van der Waals surface area (Å²) >= 11 is 0. The Morgan fingerprint density at radius 2 is 1.77 bits per heavy atom. The van der Waals surface area contributed by atoms with Gasteiger partial charge in [0.05, 0.1) is 39.5 Å². The van der Waals surface area contributed by atoms with E-state index in [2.05, 4.69) is 5.10 Å². The van der Waals surface area contributed by atoms with E-state index in [-0.39, 0.29) is 18.7 Å². The number of carbonyl (C=O) groups excluding carboxylic acids is 1. The van der Waals surface area contributed by atoms with E-state index in [0.29, 0.717) is 34.9 Å². The summed E-state index contributed by atoms with van der Waals surface area (Å²) in [7, 11) is 4.70. The molecule has 0 aromatic heterocycles. The summed E-state index contributed by atoms with van der Waals surface area (Å²) in [6.07, 6.45) is 0.0109. The van der Waals surface area contributed by atoms with Crippen molar-refractivity contribution in [2.45, 2.75) is 25.3 Å². The van der Waals surface area contributed by atoms with Gasteiger partial charge in [0.25, 0.3) is 0 Å². The van der Waals surface area contributed by atoms with Gasteiger partial charge in [-0.1, -0.05) is 18.2 Å². The second kappa shape index (κ2) is 9.30. The van der Waals surface area contributed by atoms with Crippen LogP contribution in [-0.2, 0) is 9.59 Å². The maximum atomic E-state index is 12.8. The van der Waals surface area contributed by atoms with Crippen LogP contribution in [0.5, 0.6) is 17.2 Å². The summed E-state index contributed by atoms with van der Waals surface area (Å²) in [5.41, 5.74) is 2.15. The Bertz CT molecular complexity index is 972. The molecule has 1 amide bonds. The summed E-state index contributed by atoms with van der Waals surface area (Å²) in [6.45, 7) is 0. The highest BCUT2D eigenvalue weighted by Gasteiger charge is 2.35. The van der Waals surface area contributed by atoms with Crippen LogP contribution < -0.4 is 14.2 Å². The molecule has 158 valence electrons. The third kappa shape index (κ3) is 4.37. The molecule has 1 aliphatic rings. The predicted molar refractivity (Wildman–Crippen MR) is 110 cm³/mol. The molecule has 2 aromatic rings. The van der Waals surface area contributed by atoms with Crippen LogP contribution in [0.15, 0.2) is 47.6 Å². The van der Waals surface area contributed by atoms with Gasteiger partial charge in [0, 0.05) is 24.0 Å². The minimum atomic E-state index is -1.03. The van der Waals surface area contributed by atoms with Gasteiger partial charge in [0.15, 0.2) is 0 Å². The zero-order valence-corrected chi connectivity index (χ0v) is 17.1. The lowest BCUT2D eigenvalue weighted by atomic mass is 9.97. The number of hydrogen-bond acceptors (Lipinski definition) is 6. The van der Waals surface area contributed by atoms with Gasteiger partial charge in [-0.05, 0) is 24.3 Å². The van der Waals surface area contributed by atoms with E-state index in [4.69, 9.17) is 19.3 Å². The Kier molecular flexibility index (Phi) is 6.56.